The lowest BCUT2D eigenvalue weighted by atomic mass is 10.1. The van der Waals surface area contributed by atoms with E-state index in [9.17, 15) is 14.5 Å². The number of rotatable bonds is 5. The quantitative estimate of drug-likeness (QED) is 0.607. The molecule has 108 valence electrons. The van der Waals surface area contributed by atoms with E-state index in [1.54, 1.807) is 6.07 Å². The topological polar surface area (TPSA) is 52.4 Å². The first kappa shape index (κ1) is 14.7. The number of benzene rings is 2. The molecule has 0 saturated heterocycles. The number of nitrogens with zero attached hydrogens (tertiary/aromatic N) is 1. The van der Waals surface area contributed by atoms with Crippen molar-refractivity contribution in [1.29, 1.82) is 0 Å². The Morgan fingerprint density at radius 2 is 2.00 bits per heavy atom. The van der Waals surface area contributed by atoms with Gasteiger partial charge in [-0.3, -0.25) is 10.1 Å². The van der Waals surface area contributed by atoms with E-state index < -0.39 is 16.4 Å². The third-order valence-electron chi connectivity index (χ3n) is 2.90. The molecular weight excluding hydrogens is 273 g/mol. The van der Waals surface area contributed by atoms with Crippen LogP contribution in [0.25, 0.3) is 6.08 Å². The molecule has 0 aromatic heterocycles. The lowest BCUT2D eigenvalue weighted by Crippen LogP contribution is -2.02. The molecule has 2 aromatic rings. The summed E-state index contributed by atoms with van der Waals surface area (Å²) < 4.78 is 19.5. The van der Waals surface area contributed by atoms with E-state index in [1.165, 1.54) is 12.1 Å². The Labute approximate surface area is 121 Å². The molecule has 0 fully saturated rings. The van der Waals surface area contributed by atoms with Crippen LogP contribution in [0.2, 0.25) is 0 Å². The minimum absolute atomic E-state index is 0.0674. The average molecular weight is 287 g/mol. The third-order valence-corrected chi connectivity index (χ3v) is 2.90. The van der Waals surface area contributed by atoms with E-state index in [4.69, 9.17) is 4.74 Å². The van der Waals surface area contributed by atoms with Gasteiger partial charge in [-0.25, -0.2) is 0 Å². The van der Waals surface area contributed by atoms with Gasteiger partial charge in [0.25, 0.3) is 0 Å². The number of ether oxygens (including phenoxy) is 1. The first-order valence-electron chi connectivity index (χ1n) is 6.39. The van der Waals surface area contributed by atoms with E-state index in [0.29, 0.717) is 5.75 Å². The van der Waals surface area contributed by atoms with Crippen molar-refractivity contribution in [3.05, 3.63) is 75.6 Å². The van der Waals surface area contributed by atoms with E-state index >= 15 is 0 Å². The van der Waals surface area contributed by atoms with Crippen LogP contribution in [0.4, 0.5) is 10.1 Å². The summed E-state index contributed by atoms with van der Waals surface area (Å²) in [6, 6.07) is 11.4. The number of nitro groups is 1. The number of halogens is 1. The Morgan fingerprint density at radius 3 is 2.71 bits per heavy atom. The molecule has 5 heteroatoms. The molecule has 0 atom stereocenters. The zero-order valence-electron chi connectivity index (χ0n) is 11.5. The third kappa shape index (κ3) is 3.45. The molecule has 0 aliphatic rings. The number of nitro benzene ring substituents is 1. The predicted octanol–water partition coefficient (Wildman–Crippen LogP) is 4.35. The van der Waals surface area contributed by atoms with Crippen molar-refractivity contribution in [1.82, 2.24) is 0 Å². The largest absolute Gasteiger partial charge is 0.488 e. The van der Waals surface area contributed by atoms with Gasteiger partial charge in [-0.2, -0.15) is 4.39 Å². The highest BCUT2D eigenvalue weighted by atomic mass is 19.1. The number of hydrogen-bond acceptors (Lipinski definition) is 3. The van der Waals surface area contributed by atoms with Crippen LogP contribution in [0, 0.1) is 15.9 Å². The number of para-hydroxylation sites is 1. The maximum absolute atomic E-state index is 13.9. The van der Waals surface area contributed by atoms with Crippen LogP contribution in [0.15, 0.2) is 48.5 Å². The van der Waals surface area contributed by atoms with Gasteiger partial charge >= 0.3 is 5.69 Å². The summed E-state index contributed by atoms with van der Waals surface area (Å²) in [5.74, 6) is -0.257. The Balaban J connectivity index is 2.21. The molecule has 0 unspecified atom stereocenters. The first-order valence-corrected chi connectivity index (χ1v) is 6.39. The molecule has 0 radical (unpaired) electrons. The highest BCUT2D eigenvalue weighted by Crippen LogP contribution is 2.24. The zero-order valence-corrected chi connectivity index (χ0v) is 11.5. The van der Waals surface area contributed by atoms with E-state index in [2.05, 4.69) is 0 Å². The molecule has 0 N–H and O–H groups in total. The fourth-order valence-electron chi connectivity index (χ4n) is 1.90. The van der Waals surface area contributed by atoms with Crippen molar-refractivity contribution in [3.63, 3.8) is 0 Å². The molecule has 0 aliphatic heterocycles. The molecular formula is C16H14FNO3. The lowest BCUT2D eigenvalue weighted by Gasteiger charge is -2.09. The Morgan fingerprint density at radius 1 is 1.24 bits per heavy atom. The molecule has 0 saturated carbocycles. The number of allylic oxidation sites excluding steroid dienone is 1. The summed E-state index contributed by atoms with van der Waals surface area (Å²) in [6.45, 7) is 1.82. The maximum Gasteiger partial charge on any atom is 0.305 e. The van der Waals surface area contributed by atoms with E-state index in [-0.39, 0.29) is 12.2 Å². The summed E-state index contributed by atoms with van der Waals surface area (Å²) in [4.78, 5) is 9.96. The highest BCUT2D eigenvalue weighted by molar-refractivity contribution is 5.56. The fraction of sp³-hybridized carbons (Fsp3) is 0.125. The molecule has 21 heavy (non-hydrogen) atoms. The van der Waals surface area contributed by atoms with Gasteiger partial charge in [0, 0.05) is 17.2 Å². The molecule has 0 aliphatic carbocycles. The molecule has 0 amide bonds. The van der Waals surface area contributed by atoms with Gasteiger partial charge in [-0.15, -0.1) is 0 Å². The van der Waals surface area contributed by atoms with Crippen molar-refractivity contribution in [3.8, 4) is 5.75 Å². The summed E-state index contributed by atoms with van der Waals surface area (Å²) in [6.07, 6.45) is 3.75. The number of hydrogen-bond donors (Lipinski definition) is 0. The fourth-order valence-corrected chi connectivity index (χ4v) is 1.90. The maximum atomic E-state index is 13.9. The van der Waals surface area contributed by atoms with Crippen molar-refractivity contribution >= 4 is 11.8 Å². The Bertz CT molecular complexity index is 683. The summed E-state index contributed by atoms with van der Waals surface area (Å²) in [5, 5.41) is 10.7. The predicted molar refractivity (Wildman–Crippen MR) is 78.5 cm³/mol. The molecule has 2 aromatic carbocycles. The zero-order chi connectivity index (χ0) is 15.2. The van der Waals surface area contributed by atoms with Gasteiger partial charge in [0.1, 0.15) is 12.4 Å². The van der Waals surface area contributed by atoms with E-state index in [1.807, 2.05) is 37.3 Å². The standard InChI is InChI=1S/C16H14FNO3/c1-2-6-12-7-3-4-10-15(12)21-11-13-8-5-9-14(16(13)17)18(19)20/h2-10H,11H2,1H3/b6-2+. The lowest BCUT2D eigenvalue weighted by molar-refractivity contribution is -0.387. The second kappa shape index (κ2) is 6.65. The van der Waals surface area contributed by atoms with Crippen molar-refractivity contribution in [2.45, 2.75) is 13.5 Å². The van der Waals surface area contributed by atoms with Gasteiger partial charge < -0.3 is 4.74 Å². The smallest absolute Gasteiger partial charge is 0.305 e. The summed E-state index contributed by atoms with van der Waals surface area (Å²) in [7, 11) is 0. The van der Waals surface area contributed by atoms with Crippen LogP contribution in [-0.4, -0.2) is 4.92 Å². The summed E-state index contributed by atoms with van der Waals surface area (Å²) in [5.41, 5.74) is 0.475. The van der Waals surface area contributed by atoms with Crippen LogP contribution in [-0.2, 0) is 6.61 Å². The average Bonchev–Trinajstić information content (AvgIpc) is 2.47. The first-order chi connectivity index (χ1) is 10.1. The van der Waals surface area contributed by atoms with Gasteiger partial charge in [0.05, 0.1) is 4.92 Å². The van der Waals surface area contributed by atoms with Gasteiger partial charge in [0.15, 0.2) is 0 Å². The Hall–Kier alpha value is -2.69. The van der Waals surface area contributed by atoms with Crippen LogP contribution < -0.4 is 4.74 Å². The molecule has 0 heterocycles. The van der Waals surface area contributed by atoms with Crippen molar-refractivity contribution in [2.75, 3.05) is 0 Å². The van der Waals surface area contributed by atoms with Crippen LogP contribution in [0.3, 0.4) is 0 Å². The van der Waals surface area contributed by atoms with E-state index in [0.717, 1.165) is 11.6 Å². The van der Waals surface area contributed by atoms with Gasteiger partial charge in [-0.05, 0) is 13.0 Å². The molecule has 2 rings (SSSR count). The van der Waals surface area contributed by atoms with Gasteiger partial charge in [-0.1, -0.05) is 42.5 Å². The van der Waals surface area contributed by atoms with Crippen molar-refractivity contribution in [2.24, 2.45) is 0 Å². The SMILES string of the molecule is C/C=C/c1ccccc1OCc1cccc([N+](=O)[O-])c1F. The van der Waals surface area contributed by atoms with Crippen LogP contribution in [0.5, 0.6) is 5.75 Å². The molecule has 0 spiro atoms. The minimum Gasteiger partial charge on any atom is -0.488 e. The van der Waals surface area contributed by atoms with Crippen molar-refractivity contribution < 1.29 is 14.1 Å². The van der Waals surface area contributed by atoms with Crippen LogP contribution in [0.1, 0.15) is 18.1 Å². The second-order valence-corrected chi connectivity index (χ2v) is 4.33. The second-order valence-electron chi connectivity index (χ2n) is 4.33. The van der Waals surface area contributed by atoms with Gasteiger partial charge in [0.2, 0.25) is 5.82 Å². The normalized spacial score (nSPS) is 10.8. The minimum atomic E-state index is -0.856. The highest BCUT2D eigenvalue weighted by Gasteiger charge is 2.17. The van der Waals surface area contributed by atoms with Crippen LogP contribution >= 0.6 is 0 Å². The molecule has 0 bridgehead atoms. The molecule has 4 nitrogen and oxygen atoms in total. The monoisotopic (exact) mass is 287 g/mol. The Kier molecular flexibility index (Phi) is 4.66. The summed E-state index contributed by atoms with van der Waals surface area (Å²) >= 11 is 0.